The van der Waals surface area contributed by atoms with Crippen molar-refractivity contribution in [2.24, 2.45) is 5.41 Å². The highest BCUT2D eigenvalue weighted by Gasteiger charge is 2.27. The fourth-order valence-corrected chi connectivity index (χ4v) is 3.02. The summed E-state index contributed by atoms with van der Waals surface area (Å²) in [6, 6.07) is 0.967. The lowest BCUT2D eigenvalue weighted by molar-refractivity contribution is 0.0810. The largest absolute Gasteiger partial charge is 0.395 e. The van der Waals surface area contributed by atoms with Gasteiger partial charge in [-0.15, -0.1) is 0 Å². The highest BCUT2D eigenvalue weighted by molar-refractivity contribution is 4.83. The SMILES string of the molecule is CCCNC(CCN1CCCCC1CO)C(C)(C)C. The second-order valence-electron chi connectivity index (χ2n) is 7.03. The molecule has 1 aliphatic heterocycles. The van der Waals surface area contributed by atoms with E-state index in [-0.39, 0.29) is 0 Å². The molecule has 0 radical (unpaired) electrons. The molecule has 2 atom stereocenters. The summed E-state index contributed by atoms with van der Waals surface area (Å²) < 4.78 is 0. The van der Waals surface area contributed by atoms with Crippen LogP contribution in [0.1, 0.15) is 59.8 Å². The van der Waals surface area contributed by atoms with E-state index in [0.717, 1.165) is 19.6 Å². The van der Waals surface area contributed by atoms with E-state index in [1.165, 1.54) is 32.1 Å². The summed E-state index contributed by atoms with van der Waals surface area (Å²) >= 11 is 0. The van der Waals surface area contributed by atoms with Crippen LogP contribution >= 0.6 is 0 Å². The summed E-state index contributed by atoms with van der Waals surface area (Å²) in [6.07, 6.45) is 6.10. The van der Waals surface area contributed by atoms with Crippen molar-refractivity contribution in [2.75, 3.05) is 26.2 Å². The van der Waals surface area contributed by atoms with Crippen LogP contribution < -0.4 is 5.32 Å². The van der Waals surface area contributed by atoms with Gasteiger partial charge in [0, 0.05) is 18.6 Å². The molecule has 0 aromatic heterocycles. The molecular formula is C16H34N2O. The van der Waals surface area contributed by atoms with Crippen molar-refractivity contribution in [3.8, 4) is 0 Å². The van der Waals surface area contributed by atoms with Crippen molar-refractivity contribution in [1.82, 2.24) is 10.2 Å². The maximum Gasteiger partial charge on any atom is 0.0586 e. The maximum atomic E-state index is 9.47. The van der Waals surface area contributed by atoms with E-state index in [1.807, 2.05) is 0 Å². The van der Waals surface area contributed by atoms with Crippen LogP contribution in [0.3, 0.4) is 0 Å². The second kappa shape index (κ2) is 8.23. The molecule has 1 rings (SSSR count). The number of likely N-dealkylation sites (tertiary alicyclic amines) is 1. The smallest absolute Gasteiger partial charge is 0.0586 e. The Labute approximate surface area is 119 Å². The van der Waals surface area contributed by atoms with Gasteiger partial charge in [-0.3, -0.25) is 4.90 Å². The number of rotatable bonds is 7. The monoisotopic (exact) mass is 270 g/mol. The van der Waals surface area contributed by atoms with Crippen LogP contribution in [-0.2, 0) is 0 Å². The number of hydrogen-bond donors (Lipinski definition) is 2. The molecule has 3 nitrogen and oxygen atoms in total. The van der Waals surface area contributed by atoms with Gasteiger partial charge in [-0.1, -0.05) is 34.1 Å². The number of nitrogens with zero attached hydrogens (tertiary/aromatic N) is 1. The fourth-order valence-electron chi connectivity index (χ4n) is 3.02. The summed E-state index contributed by atoms with van der Waals surface area (Å²) in [6.45, 7) is 12.9. The number of nitrogens with one attached hydrogen (secondary N) is 1. The van der Waals surface area contributed by atoms with E-state index in [4.69, 9.17) is 0 Å². The minimum atomic E-state index is 0.305. The normalized spacial score (nSPS) is 23.5. The summed E-state index contributed by atoms with van der Waals surface area (Å²) in [5, 5.41) is 13.2. The summed E-state index contributed by atoms with van der Waals surface area (Å²) in [4.78, 5) is 2.50. The minimum absolute atomic E-state index is 0.305. The maximum absolute atomic E-state index is 9.47. The van der Waals surface area contributed by atoms with E-state index in [1.54, 1.807) is 0 Å². The van der Waals surface area contributed by atoms with Crippen molar-refractivity contribution in [3.63, 3.8) is 0 Å². The van der Waals surface area contributed by atoms with Gasteiger partial charge in [0.15, 0.2) is 0 Å². The Morgan fingerprint density at radius 1 is 1.32 bits per heavy atom. The molecule has 0 aliphatic carbocycles. The zero-order valence-electron chi connectivity index (χ0n) is 13.4. The van der Waals surface area contributed by atoms with Gasteiger partial charge >= 0.3 is 0 Å². The fraction of sp³-hybridized carbons (Fsp3) is 1.00. The van der Waals surface area contributed by atoms with Crippen LogP contribution in [0.15, 0.2) is 0 Å². The third-order valence-corrected chi connectivity index (χ3v) is 4.35. The van der Waals surface area contributed by atoms with Crippen LogP contribution in [0.4, 0.5) is 0 Å². The lowest BCUT2D eigenvalue weighted by Crippen LogP contribution is -2.47. The molecule has 2 N–H and O–H groups in total. The first-order valence-corrected chi connectivity index (χ1v) is 8.07. The molecule has 1 fully saturated rings. The molecule has 0 spiro atoms. The molecule has 0 aromatic rings. The topological polar surface area (TPSA) is 35.5 Å². The zero-order valence-corrected chi connectivity index (χ0v) is 13.4. The van der Waals surface area contributed by atoms with Gasteiger partial charge in [-0.05, 0) is 44.2 Å². The zero-order chi connectivity index (χ0) is 14.3. The van der Waals surface area contributed by atoms with Gasteiger partial charge < -0.3 is 10.4 Å². The minimum Gasteiger partial charge on any atom is -0.395 e. The van der Waals surface area contributed by atoms with Crippen LogP contribution in [0.2, 0.25) is 0 Å². The first kappa shape index (κ1) is 16.9. The molecule has 2 unspecified atom stereocenters. The highest BCUT2D eigenvalue weighted by Crippen LogP contribution is 2.24. The van der Waals surface area contributed by atoms with Crippen LogP contribution in [0, 0.1) is 5.41 Å². The van der Waals surface area contributed by atoms with Crippen LogP contribution in [0.5, 0.6) is 0 Å². The molecule has 1 aliphatic rings. The molecule has 1 saturated heterocycles. The lowest BCUT2D eigenvalue weighted by atomic mass is 9.84. The van der Waals surface area contributed by atoms with Crippen molar-refractivity contribution in [2.45, 2.75) is 71.9 Å². The lowest BCUT2D eigenvalue weighted by Gasteiger charge is -2.38. The third kappa shape index (κ3) is 5.80. The van der Waals surface area contributed by atoms with E-state index >= 15 is 0 Å². The Morgan fingerprint density at radius 3 is 2.63 bits per heavy atom. The quantitative estimate of drug-likeness (QED) is 0.746. The van der Waals surface area contributed by atoms with Crippen molar-refractivity contribution >= 4 is 0 Å². The first-order valence-electron chi connectivity index (χ1n) is 8.07. The number of hydrogen-bond acceptors (Lipinski definition) is 3. The van der Waals surface area contributed by atoms with Gasteiger partial charge in [0.25, 0.3) is 0 Å². The Balaban J connectivity index is 2.45. The van der Waals surface area contributed by atoms with Crippen LogP contribution in [0.25, 0.3) is 0 Å². The average molecular weight is 270 g/mol. The molecule has 0 saturated carbocycles. The Bertz CT molecular complexity index is 237. The molecule has 0 bridgehead atoms. The van der Waals surface area contributed by atoms with Gasteiger partial charge in [-0.2, -0.15) is 0 Å². The van der Waals surface area contributed by atoms with Crippen molar-refractivity contribution in [3.05, 3.63) is 0 Å². The molecule has 1 heterocycles. The highest BCUT2D eigenvalue weighted by atomic mass is 16.3. The van der Waals surface area contributed by atoms with Crippen LogP contribution in [-0.4, -0.2) is 48.3 Å². The standard InChI is InChI=1S/C16H34N2O/c1-5-10-17-15(16(2,3)4)9-12-18-11-7-6-8-14(18)13-19/h14-15,17,19H,5-13H2,1-4H3. The Kier molecular flexibility index (Phi) is 7.33. The second-order valence-corrected chi connectivity index (χ2v) is 7.03. The molecule has 3 heteroatoms. The molecule has 19 heavy (non-hydrogen) atoms. The van der Waals surface area contributed by atoms with E-state index in [2.05, 4.69) is 37.9 Å². The van der Waals surface area contributed by atoms with Crippen molar-refractivity contribution < 1.29 is 5.11 Å². The van der Waals surface area contributed by atoms with Gasteiger partial charge in [0.1, 0.15) is 0 Å². The molecular weight excluding hydrogens is 236 g/mol. The third-order valence-electron chi connectivity index (χ3n) is 4.35. The molecule has 0 aromatic carbocycles. The Hall–Kier alpha value is -0.120. The van der Waals surface area contributed by atoms with E-state index in [9.17, 15) is 5.11 Å². The van der Waals surface area contributed by atoms with Gasteiger partial charge in [0.05, 0.1) is 6.61 Å². The molecule has 0 amide bonds. The van der Waals surface area contributed by atoms with E-state index in [0.29, 0.717) is 24.1 Å². The van der Waals surface area contributed by atoms with E-state index < -0.39 is 0 Å². The summed E-state index contributed by atoms with van der Waals surface area (Å²) in [5.74, 6) is 0. The number of piperidine rings is 1. The predicted octanol–water partition coefficient (Wildman–Crippen LogP) is 2.64. The van der Waals surface area contributed by atoms with Gasteiger partial charge in [-0.25, -0.2) is 0 Å². The number of aliphatic hydroxyl groups is 1. The van der Waals surface area contributed by atoms with Gasteiger partial charge in [0.2, 0.25) is 0 Å². The summed E-state index contributed by atoms with van der Waals surface area (Å²) in [7, 11) is 0. The van der Waals surface area contributed by atoms with Crippen molar-refractivity contribution in [1.29, 1.82) is 0 Å². The number of aliphatic hydroxyl groups excluding tert-OH is 1. The Morgan fingerprint density at radius 2 is 2.05 bits per heavy atom. The predicted molar refractivity (Wildman–Crippen MR) is 82.5 cm³/mol. The summed E-state index contributed by atoms with van der Waals surface area (Å²) in [5.41, 5.74) is 0.305. The average Bonchev–Trinajstić information content (AvgIpc) is 2.37. The first-order chi connectivity index (χ1) is 8.99. The molecule has 114 valence electrons.